The molecular formula is C118H78BBrN6O2. The van der Waals surface area contributed by atoms with Gasteiger partial charge in [-0.05, 0) is 284 Å². The lowest BCUT2D eigenvalue weighted by Crippen LogP contribution is -2.41. The largest absolute Gasteiger partial charge is 0.494 e. The summed E-state index contributed by atoms with van der Waals surface area (Å²) in [7, 11) is -0.423. The van der Waals surface area contributed by atoms with Crippen LogP contribution in [0.5, 0.6) is 0 Å². The summed E-state index contributed by atoms with van der Waals surface area (Å²) in [5.74, 6) is 0. The molecule has 26 aromatic rings. The Morgan fingerprint density at radius 3 is 0.969 bits per heavy atom. The van der Waals surface area contributed by atoms with Crippen LogP contribution in [0, 0.1) is 0 Å². The van der Waals surface area contributed by atoms with E-state index in [1.165, 1.54) is 136 Å². The highest BCUT2D eigenvalue weighted by Gasteiger charge is 2.52. The Kier molecular flexibility index (Phi) is 17.3. The Balaban J connectivity index is 0.000000111. The van der Waals surface area contributed by atoms with Gasteiger partial charge in [0.2, 0.25) is 0 Å². The fourth-order valence-corrected chi connectivity index (χ4v) is 20.6. The van der Waals surface area contributed by atoms with Crippen molar-refractivity contribution in [2.75, 3.05) is 0 Å². The molecule has 0 unspecified atom stereocenters. The Morgan fingerprint density at radius 1 is 0.227 bits per heavy atom. The van der Waals surface area contributed by atoms with Gasteiger partial charge in [0.25, 0.3) is 0 Å². The van der Waals surface area contributed by atoms with E-state index in [9.17, 15) is 0 Å². The summed E-state index contributed by atoms with van der Waals surface area (Å²) in [5, 5.41) is 26.7. The molecule has 6 aromatic heterocycles. The molecule has 8 nitrogen and oxygen atoms in total. The number of hydrogen-bond acceptors (Lipinski definition) is 6. The van der Waals surface area contributed by atoms with Crippen molar-refractivity contribution in [2.45, 2.75) is 38.9 Å². The van der Waals surface area contributed by atoms with Gasteiger partial charge in [0.1, 0.15) is 11.0 Å². The molecular weight excluding hydrogens is 1620 g/mol. The predicted molar refractivity (Wildman–Crippen MR) is 543 cm³/mol. The zero-order chi connectivity index (χ0) is 85.2. The van der Waals surface area contributed by atoms with E-state index < -0.39 is 18.3 Å². The number of benzene rings is 20. The third-order valence-electron chi connectivity index (χ3n) is 27.1. The third-order valence-corrected chi connectivity index (χ3v) is 27.6. The average Bonchev–Trinajstić information content (AvgIpc) is 1.40. The number of imidazole rings is 2. The Hall–Kier alpha value is -15.3. The molecule has 7 heterocycles. The third kappa shape index (κ3) is 12.3. The maximum Gasteiger partial charge on any atom is 0.494 e. The van der Waals surface area contributed by atoms with Crippen molar-refractivity contribution in [3.63, 3.8) is 0 Å². The minimum atomic E-state index is -0.423. The molecule has 0 N–H and O–H groups in total. The lowest BCUT2D eigenvalue weighted by molar-refractivity contribution is 0.00578. The van der Waals surface area contributed by atoms with E-state index in [2.05, 4.69) is 441 Å². The van der Waals surface area contributed by atoms with Crippen LogP contribution < -0.4 is 5.46 Å². The molecule has 0 radical (unpaired) electrons. The molecule has 10 heteroatoms. The van der Waals surface area contributed by atoms with Crippen LogP contribution in [0.25, 0.3) is 241 Å². The standard InChI is InChI=1S/C56H33N3.C34H21Br.C28H24BN3O2/c1-3-13-36-29-41(23-21-34(36)11-1)53-43-16-6-7-17-44(43)54(42-24-22-35-12-2-4-14-37(35)30-42)47-32-38(25-27-45(47)53)39-26-28-51-46(31-39)48-33-40-15-5-8-18-49(40)57-55(48)56-58-50-19-9-10-20-52(50)59(51)56;35-28-17-18-31-32(21-28)34(27-16-14-23-8-2-4-10-25(23)20-27)30-12-6-5-11-29(30)33(31)26-15-13-22-7-1-3-9-24(22)19-26;1-27(2)28(3,4)34-29(33-27)18-13-14-23-19(16-18)20-15-17-9-5-6-10-21(17)30-25(20)26-31-22-11-7-8-12-24(22)32(23)26/h1-33H;1-21H;5-16H,1-4H3. The maximum absolute atomic E-state index is 6.37. The van der Waals surface area contributed by atoms with Gasteiger partial charge in [-0.2, -0.15) is 0 Å². The minimum Gasteiger partial charge on any atom is -0.399 e. The highest BCUT2D eigenvalue weighted by molar-refractivity contribution is 9.10. The fourth-order valence-electron chi connectivity index (χ4n) is 20.2. The quantitative estimate of drug-likeness (QED) is 0.0938. The molecule has 20 aromatic carbocycles. The lowest BCUT2D eigenvalue weighted by atomic mass is 9.78. The van der Waals surface area contributed by atoms with E-state index in [1.807, 2.05) is 12.1 Å². The van der Waals surface area contributed by atoms with Gasteiger partial charge in [-0.25, -0.2) is 19.9 Å². The number of fused-ring (bicyclic) bond motifs is 26. The molecule has 1 aliphatic heterocycles. The van der Waals surface area contributed by atoms with Gasteiger partial charge in [-0.3, -0.25) is 8.80 Å². The van der Waals surface area contributed by atoms with E-state index in [0.29, 0.717) is 0 Å². The number of para-hydroxylation sites is 6. The van der Waals surface area contributed by atoms with Crippen LogP contribution in [0.3, 0.4) is 0 Å². The zero-order valence-electron chi connectivity index (χ0n) is 70.6. The second-order valence-electron chi connectivity index (χ2n) is 35.1. The predicted octanol–water partition coefficient (Wildman–Crippen LogP) is 31.0. The van der Waals surface area contributed by atoms with Gasteiger partial charge in [0, 0.05) is 36.8 Å². The average molecular weight is 1700 g/mol. The molecule has 0 spiro atoms. The Morgan fingerprint density at radius 2 is 0.539 bits per heavy atom. The van der Waals surface area contributed by atoms with E-state index in [4.69, 9.17) is 29.2 Å². The first-order valence-corrected chi connectivity index (χ1v) is 44.6. The van der Waals surface area contributed by atoms with Crippen molar-refractivity contribution in [3.8, 4) is 55.6 Å². The summed E-state index contributed by atoms with van der Waals surface area (Å²) in [6.45, 7) is 8.34. The fraction of sp³-hybridized carbons (Fsp3) is 0.0508. The van der Waals surface area contributed by atoms with Gasteiger partial charge in [0.15, 0.2) is 11.3 Å². The SMILES string of the molecule is Brc1ccc2c(-c3ccc4ccccc4c3)c3ccccc3c(-c3ccc4ccccc4c3)c2c1.CC1(C)OB(c2ccc3c(c2)c2cc4ccccc4nc2c2nc4ccccc4n32)OC1(C)C.c1ccc2cc(-c3c4ccccc4c(-c4ccc5ccccc5c4)c4cc(-c5ccc6c(c5)c5cc7ccccc7nc5c5nc7ccccc7n65)ccc34)ccc2c1. The number of rotatable bonds is 6. The molecule has 0 saturated carbocycles. The monoisotopic (exact) mass is 1700 g/mol. The minimum absolute atomic E-state index is 0.392. The maximum atomic E-state index is 6.37. The summed E-state index contributed by atoms with van der Waals surface area (Å²) in [6, 6.07) is 145. The number of halogens is 1. The van der Waals surface area contributed by atoms with Crippen LogP contribution in [0.4, 0.5) is 0 Å². The van der Waals surface area contributed by atoms with Gasteiger partial charge in [-0.15, -0.1) is 0 Å². The van der Waals surface area contributed by atoms with Crippen LogP contribution in [-0.2, 0) is 9.31 Å². The number of nitrogens with zero attached hydrogens (tertiary/aromatic N) is 6. The van der Waals surface area contributed by atoms with Gasteiger partial charge < -0.3 is 9.31 Å². The molecule has 0 bridgehead atoms. The first kappa shape index (κ1) is 75.3. The van der Waals surface area contributed by atoms with Crippen LogP contribution >= 0.6 is 15.9 Å². The summed E-state index contributed by atoms with van der Waals surface area (Å²) >= 11 is 3.76. The van der Waals surface area contributed by atoms with Gasteiger partial charge in [0.05, 0.1) is 55.3 Å². The van der Waals surface area contributed by atoms with E-state index in [-0.39, 0.29) is 0 Å². The first-order chi connectivity index (χ1) is 62.8. The molecule has 602 valence electrons. The molecule has 27 rings (SSSR count). The summed E-state index contributed by atoms with van der Waals surface area (Å²) in [6.07, 6.45) is 0. The molecule has 1 aliphatic rings. The van der Waals surface area contributed by atoms with Crippen LogP contribution in [-0.4, -0.2) is 47.1 Å². The molecule has 1 fully saturated rings. The summed E-state index contributed by atoms with van der Waals surface area (Å²) in [4.78, 5) is 20.5. The topological polar surface area (TPSA) is 78.8 Å². The smallest absolute Gasteiger partial charge is 0.399 e. The number of hydrogen-bond donors (Lipinski definition) is 0. The highest BCUT2D eigenvalue weighted by Crippen LogP contribution is 2.50. The van der Waals surface area contributed by atoms with Gasteiger partial charge in [-0.1, -0.05) is 307 Å². The van der Waals surface area contributed by atoms with Crippen molar-refractivity contribution in [2.24, 2.45) is 0 Å². The van der Waals surface area contributed by atoms with Gasteiger partial charge >= 0.3 is 7.12 Å². The number of pyridine rings is 4. The zero-order valence-corrected chi connectivity index (χ0v) is 72.1. The Labute approximate surface area is 745 Å². The highest BCUT2D eigenvalue weighted by atomic mass is 79.9. The van der Waals surface area contributed by atoms with Crippen molar-refractivity contribution in [3.05, 3.63) is 405 Å². The second kappa shape index (κ2) is 29.4. The van der Waals surface area contributed by atoms with Crippen molar-refractivity contribution in [1.29, 1.82) is 0 Å². The molecule has 0 atom stereocenters. The summed E-state index contributed by atoms with van der Waals surface area (Å²) < 4.78 is 18.3. The van der Waals surface area contributed by atoms with Crippen LogP contribution in [0.1, 0.15) is 27.7 Å². The van der Waals surface area contributed by atoms with E-state index >= 15 is 0 Å². The second-order valence-corrected chi connectivity index (χ2v) is 36.0. The lowest BCUT2D eigenvalue weighted by Gasteiger charge is -2.32. The van der Waals surface area contributed by atoms with Crippen molar-refractivity contribution in [1.82, 2.24) is 28.7 Å². The Bertz CT molecular complexity index is 9220. The van der Waals surface area contributed by atoms with Crippen LogP contribution in [0.15, 0.2) is 405 Å². The molecule has 0 amide bonds. The van der Waals surface area contributed by atoms with E-state index in [1.54, 1.807) is 0 Å². The van der Waals surface area contributed by atoms with E-state index in [0.717, 1.165) is 114 Å². The molecule has 0 aliphatic carbocycles. The normalized spacial score (nSPS) is 13.4. The first-order valence-electron chi connectivity index (χ1n) is 43.8. The molecule has 1 saturated heterocycles. The number of aromatic nitrogens is 6. The van der Waals surface area contributed by atoms with Crippen molar-refractivity contribution >= 4 is 213 Å². The van der Waals surface area contributed by atoms with Crippen molar-refractivity contribution < 1.29 is 9.31 Å². The summed E-state index contributed by atoms with van der Waals surface area (Å²) in [5.41, 5.74) is 24.3. The molecule has 128 heavy (non-hydrogen) atoms. The van der Waals surface area contributed by atoms with Crippen LogP contribution in [0.2, 0.25) is 0 Å².